The summed E-state index contributed by atoms with van der Waals surface area (Å²) in [6.45, 7) is 0. The van der Waals surface area contributed by atoms with Gasteiger partial charge < -0.3 is 4.84 Å². The number of unbranched alkanes of at least 4 members (excludes halogenated alkanes) is 6. The van der Waals surface area contributed by atoms with Crippen LogP contribution < -0.4 is 0 Å². The van der Waals surface area contributed by atoms with Gasteiger partial charge in [0.05, 0.1) is 0 Å². The third-order valence-electron chi connectivity index (χ3n) is 1.83. The molecule has 0 rings (SSSR count). The van der Waals surface area contributed by atoms with Gasteiger partial charge in [0.2, 0.25) is 0 Å². The van der Waals surface area contributed by atoms with Gasteiger partial charge in [-0.15, -0.1) is 12.3 Å². The Labute approximate surface area is 81.4 Å². The van der Waals surface area contributed by atoms with Gasteiger partial charge in [0, 0.05) is 12.6 Å². The molecule has 0 aliphatic heterocycles. The van der Waals surface area contributed by atoms with Gasteiger partial charge in [-0.1, -0.05) is 24.4 Å². The molecule has 0 aliphatic carbocycles. The van der Waals surface area contributed by atoms with E-state index in [0.717, 1.165) is 12.8 Å². The fourth-order valence-corrected chi connectivity index (χ4v) is 1.12. The summed E-state index contributed by atoms with van der Waals surface area (Å²) in [7, 11) is 1.57. The molecule has 13 heavy (non-hydrogen) atoms. The van der Waals surface area contributed by atoms with Crippen molar-refractivity contribution in [2.75, 3.05) is 7.11 Å². The molecule has 0 aliphatic rings. The lowest BCUT2D eigenvalue weighted by atomic mass is 10.1. The molecule has 0 fully saturated rings. The third kappa shape index (κ3) is 11.0. The van der Waals surface area contributed by atoms with Crippen molar-refractivity contribution in [2.45, 2.75) is 44.9 Å². The Bertz CT molecular complexity index is 158. The highest BCUT2D eigenvalue weighted by atomic mass is 16.6. The summed E-state index contributed by atoms with van der Waals surface area (Å²) < 4.78 is 0. The first-order chi connectivity index (χ1) is 6.41. The maximum atomic E-state index is 5.14. The number of nitrogens with zero attached hydrogens (tertiary/aromatic N) is 1. The average Bonchev–Trinajstić information content (AvgIpc) is 2.16. The molecular formula is C11H19NO. The van der Waals surface area contributed by atoms with Crippen molar-refractivity contribution in [1.82, 2.24) is 0 Å². The van der Waals surface area contributed by atoms with Crippen molar-refractivity contribution < 1.29 is 4.84 Å². The Balaban J connectivity index is 2.92. The molecule has 74 valence electrons. The van der Waals surface area contributed by atoms with Gasteiger partial charge >= 0.3 is 0 Å². The summed E-state index contributed by atoms with van der Waals surface area (Å²) in [6.07, 6.45) is 15.1. The van der Waals surface area contributed by atoms with Gasteiger partial charge in [-0.3, -0.25) is 0 Å². The largest absolute Gasteiger partial charge is 0.399 e. The van der Waals surface area contributed by atoms with Gasteiger partial charge in [0.15, 0.2) is 0 Å². The molecule has 0 aromatic rings. The van der Waals surface area contributed by atoms with Gasteiger partial charge in [-0.2, -0.15) is 0 Å². The number of terminal acetylenes is 1. The molecule has 0 saturated heterocycles. The average molecular weight is 181 g/mol. The second kappa shape index (κ2) is 11.0. The summed E-state index contributed by atoms with van der Waals surface area (Å²) in [5.74, 6) is 2.65. The lowest BCUT2D eigenvalue weighted by Crippen LogP contribution is -1.81. The summed E-state index contributed by atoms with van der Waals surface area (Å²) in [5.41, 5.74) is 0. The smallest absolute Gasteiger partial charge is 0.106 e. The highest BCUT2D eigenvalue weighted by Crippen LogP contribution is 2.05. The van der Waals surface area contributed by atoms with Crippen molar-refractivity contribution in [3.8, 4) is 12.3 Å². The van der Waals surface area contributed by atoms with E-state index in [0.29, 0.717) is 0 Å². The summed E-state index contributed by atoms with van der Waals surface area (Å²) >= 11 is 0. The standard InChI is InChI=1S/C11H19NO/c1-3-4-5-6-7-8-9-10-11-12-13-2/h1,11H,4-10H2,2H3. The minimum Gasteiger partial charge on any atom is -0.399 e. The quantitative estimate of drug-likeness (QED) is 0.244. The molecule has 0 spiro atoms. The van der Waals surface area contributed by atoms with E-state index in [1.165, 1.54) is 32.1 Å². The van der Waals surface area contributed by atoms with Crippen LogP contribution in [0.1, 0.15) is 44.9 Å². The van der Waals surface area contributed by atoms with Crippen molar-refractivity contribution in [3.63, 3.8) is 0 Å². The SMILES string of the molecule is C#CCCCCCCCC=NOC. The molecule has 0 aromatic carbocycles. The van der Waals surface area contributed by atoms with E-state index >= 15 is 0 Å². The van der Waals surface area contributed by atoms with E-state index < -0.39 is 0 Å². The van der Waals surface area contributed by atoms with Crippen LogP contribution in [-0.4, -0.2) is 13.3 Å². The van der Waals surface area contributed by atoms with E-state index in [9.17, 15) is 0 Å². The van der Waals surface area contributed by atoms with Crippen LogP contribution in [0.15, 0.2) is 5.16 Å². The lowest BCUT2D eigenvalue weighted by molar-refractivity contribution is 0.214. The second-order valence-electron chi connectivity index (χ2n) is 2.98. The predicted octanol–water partition coefficient (Wildman–Crippen LogP) is 2.98. The monoisotopic (exact) mass is 181 g/mol. The minimum atomic E-state index is 0.922. The van der Waals surface area contributed by atoms with E-state index in [1.807, 2.05) is 6.21 Å². The molecule has 2 heteroatoms. The maximum Gasteiger partial charge on any atom is 0.106 e. The lowest BCUT2D eigenvalue weighted by Gasteiger charge is -1.96. The molecule has 0 saturated carbocycles. The van der Waals surface area contributed by atoms with Crippen LogP contribution >= 0.6 is 0 Å². The van der Waals surface area contributed by atoms with Gasteiger partial charge in [-0.05, 0) is 19.3 Å². The van der Waals surface area contributed by atoms with E-state index in [4.69, 9.17) is 6.42 Å². The van der Waals surface area contributed by atoms with Crippen molar-refractivity contribution in [3.05, 3.63) is 0 Å². The van der Waals surface area contributed by atoms with Crippen molar-refractivity contribution in [1.29, 1.82) is 0 Å². The molecule has 0 radical (unpaired) electrons. The van der Waals surface area contributed by atoms with Crippen LogP contribution in [0, 0.1) is 12.3 Å². The zero-order valence-electron chi connectivity index (χ0n) is 8.46. The molecule has 0 aromatic heterocycles. The topological polar surface area (TPSA) is 21.6 Å². The van der Waals surface area contributed by atoms with Gasteiger partial charge in [0.1, 0.15) is 7.11 Å². The Morgan fingerprint density at radius 3 is 2.62 bits per heavy atom. The van der Waals surface area contributed by atoms with E-state index in [2.05, 4.69) is 15.9 Å². The van der Waals surface area contributed by atoms with Crippen LogP contribution in [0.3, 0.4) is 0 Å². The Hall–Kier alpha value is -0.970. The van der Waals surface area contributed by atoms with E-state index in [-0.39, 0.29) is 0 Å². The van der Waals surface area contributed by atoms with Crippen LogP contribution in [-0.2, 0) is 4.84 Å². The maximum absolute atomic E-state index is 5.14. The Morgan fingerprint density at radius 2 is 1.92 bits per heavy atom. The van der Waals surface area contributed by atoms with Crippen LogP contribution in [0.2, 0.25) is 0 Å². The zero-order valence-corrected chi connectivity index (χ0v) is 8.46. The highest BCUT2D eigenvalue weighted by Gasteiger charge is 1.88. The fourth-order valence-electron chi connectivity index (χ4n) is 1.12. The van der Waals surface area contributed by atoms with Crippen LogP contribution in [0.25, 0.3) is 0 Å². The van der Waals surface area contributed by atoms with Crippen LogP contribution in [0.4, 0.5) is 0 Å². The molecule has 0 bridgehead atoms. The molecule has 0 N–H and O–H groups in total. The molecular weight excluding hydrogens is 162 g/mol. The zero-order chi connectivity index (χ0) is 9.78. The van der Waals surface area contributed by atoms with Crippen molar-refractivity contribution >= 4 is 6.21 Å². The van der Waals surface area contributed by atoms with Crippen molar-refractivity contribution in [2.24, 2.45) is 5.16 Å². The first-order valence-corrected chi connectivity index (χ1v) is 4.90. The second-order valence-corrected chi connectivity index (χ2v) is 2.98. The number of rotatable bonds is 8. The summed E-state index contributed by atoms with van der Waals surface area (Å²) in [5, 5.41) is 3.67. The summed E-state index contributed by atoms with van der Waals surface area (Å²) in [4.78, 5) is 4.55. The first kappa shape index (κ1) is 12.0. The third-order valence-corrected chi connectivity index (χ3v) is 1.83. The summed E-state index contributed by atoms with van der Waals surface area (Å²) in [6, 6.07) is 0. The molecule has 0 atom stereocenters. The molecule has 0 unspecified atom stereocenters. The minimum absolute atomic E-state index is 0.922. The molecule has 2 nitrogen and oxygen atoms in total. The normalized spacial score (nSPS) is 10.2. The predicted molar refractivity (Wildman–Crippen MR) is 56.7 cm³/mol. The Kier molecular flexibility index (Phi) is 10.2. The first-order valence-electron chi connectivity index (χ1n) is 4.90. The van der Waals surface area contributed by atoms with Crippen LogP contribution in [0.5, 0.6) is 0 Å². The number of hydrogen-bond acceptors (Lipinski definition) is 2. The molecule has 0 heterocycles. The molecule has 0 amide bonds. The van der Waals surface area contributed by atoms with Gasteiger partial charge in [0.25, 0.3) is 0 Å². The Morgan fingerprint density at radius 1 is 1.23 bits per heavy atom. The fraction of sp³-hybridized carbons (Fsp3) is 0.727. The highest BCUT2D eigenvalue weighted by molar-refractivity contribution is 5.55. The van der Waals surface area contributed by atoms with Gasteiger partial charge in [-0.25, -0.2) is 0 Å². The number of hydrogen-bond donors (Lipinski definition) is 0. The number of oxime groups is 1. The van der Waals surface area contributed by atoms with E-state index in [1.54, 1.807) is 7.11 Å².